The molecule has 23 heavy (non-hydrogen) atoms. The van der Waals surface area contributed by atoms with Crippen molar-refractivity contribution in [3.63, 3.8) is 0 Å². The van der Waals surface area contributed by atoms with E-state index in [1.807, 2.05) is 13.0 Å². The minimum atomic E-state index is -0.757. The SMILES string of the molecule is Cc1ccn(C)c1C(=O)N1C[C@H](O)C[C@H]1c1cc(F)ccc1F. The summed E-state index contributed by atoms with van der Waals surface area (Å²) < 4.78 is 29.3. The lowest BCUT2D eigenvalue weighted by Gasteiger charge is -2.25. The maximum Gasteiger partial charge on any atom is 0.271 e. The fraction of sp³-hybridized carbons (Fsp3) is 0.353. The minimum Gasteiger partial charge on any atom is -0.391 e. The number of aromatic nitrogens is 1. The van der Waals surface area contributed by atoms with E-state index in [4.69, 9.17) is 0 Å². The van der Waals surface area contributed by atoms with Crippen LogP contribution in [0, 0.1) is 18.6 Å². The second-order valence-corrected chi connectivity index (χ2v) is 5.99. The van der Waals surface area contributed by atoms with Crippen molar-refractivity contribution < 1.29 is 18.7 Å². The number of halogens is 2. The molecule has 0 aliphatic carbocycles. The van der Waals surface area contributed by atoms with Crippen LogP contribution < -0.4 is 0 Å². The Morgan fingerprint density at radius 1 is 1.30 bits per heavy atom. The molecule has 1 saturated heterocycles. The van der Waals surface area contributed by atoms with Crippen molar-refractivity contribution in [1.82, 2.24) is 9.47 Å². The second kappa shape index (κ2) is 5.77. The number of carbonyl (C=O) groups is 1. The summed E-state index contributed by atoms with van der Waals surface area (Å²) in [5.74, 6) is -1.43. The van der Waals surface area contributed by atoms with Gasteiger partial charge in [-0.1, -0.05) is 0 Å². The summed E-state index contributed by atoms with van der Waals surface area (Å²) in [5.41, 5.74) is 1.39. The van der Waals surface area contributed by atoms with Crippen LogP contribution in [0.4, 0.5) is 8.78 Å². The van der Waals surface area contributed by atoms with Crippen molar-refractivity contribution in [1.29, 1.82) is 0 Å². The molecule has 2 aromatic rings. The number of amides is 1. The molecule has 0 spiro atoms. The number of aliphatic hydroxyl groups is 1. The van der Waals surface area contributed by atoms with Crippen molar-refractivity contribution in [3.8, 4) is 0 Å². The maximum atomic E-state index is 14.1. The van der Waals surface area contributed by atoms with Gasteiger partial charge in [-0.05, 0) is 43.2 Å². The van der Waals surface area contributed by atoms with Gasteiger partial charge in [-0.2, -0.15) is 0 Å². The Labute approximate surface area is 133 Å². The normalized spacial score (nSPS) is 21.0. The second-order valence-electron chi connectivity index (χ2n) is 5.99. The summed E-state index contributed by atoms with van der Waals surface area (Å²) in [4.78, 5) is 14.3. The zero-order valence-corrected chi connectivity index (χ0v) is 13.0. The highest BCUT2D eigenvalue weighted by Gasteiger charge is 2.38. The number of β-amino-alcohol motifs (C(OH)–C–C–N with tert-alkyl or cyclic N) is 1. The predicted octanol–water partition coefficient (Wildman–Crippen LogP) is 2.56. The molecule has 6 heteroatoms. The van der Waals surface area contributed by atoms with Crippen LogP contribution in [0.1, 0.15) is 34.1 Å². The highest BCUT2D eigenvalue weighted by molar-refractivity contribution is 5.94. The fourth-order valence-electron chi connectivity index (χ4n) is 3.21. The molecule has 2 heterocycles. The van der Waals surface area contributed by atoms with Crippen LogP contribution in [0.25, 0.3) is 0 Å². The van der Waals surface area contributed by atoms with Gasteiger partial charge in [0, 0.05) is 25.4 Å². The van der Waals surface area contributed by atoms with Gasteiger partial charge in [0.05, 0.1) is 12.1 Å². The lowest BCUT2D eigenvalue weighted by Crippen LogP contribution is -2.33. The third kappa shape index (κ3) is 2.74. The van der Waals surface area contributed by atoms with Crippen LogP contribution in [0.3, 0.4) is 0 Å². The molecular formula is C17H18F2N2O2. The number of benzene rings is 1. The number of carbonyl (C=O) groups excluding carboxylic acids is 1. The summed E-state index contributed by atoms with van der Waals surface area (Å²) in [6, 6.07) is 4.32. The number of likely N-dealkylation sites (tertiary alicyclic amines) is 1. The molecule has 4 nitrogen and oxygen atoms in total. The van der Waals surface area contributed by atoms with Gasteiger partial charge in [0.1, 0.15) is 17.3 Å². The molecule has 1 aliphatic rings. The molecule has 1 aromatic heterocycles. The Morgan fingerprint density at radius 3 is 2.70 bits per heavy atom. The molecule has 1 amide bonds. The average Bonchev–Trinajstić information content (AvgIpc) is 3.04. The van der Waals surface area contributed by atoms with Gasteiger partial charge in [0.15, 0.2) is 0 Å². The van der Waals surface area contributed by atoms with Gasteiger partial charge in [0.2, 0.25) is 0 Å². The summed E-state index contributed by atoms with van der Waals surface area (Å²) in [6.45, 7) is 1.92. The van der Waals surface area contributed by atoms with E-state index in [-0.39, 0.29) is 24.4 Å². The number of aliphatic hydroxyl groups excluding tert-OH is 1. The van der Waals surface area contributed by atoms with Crippen molar-refractivity contribution in [2.45, 2.75) is 25.5 Å². The maximum absolute atomic E-state index is 14.1. The van der Waals surface area contributed by atoms with Gasteiger partial charge in [-0.25, -0.2) is 8.78 Å². The van der Waals surface area contributed by atoms with Crippen LogP contribution >= 0.6 is 0 Å². The first kappa shape index (κ1) is 15.7. The first-order valence-corrected chi connectivity index (χ1v) is 7.44. The van der Waals surface area contributed by atoms with E-state index < -0.39 is 23.8 Å². The van der Waals surface area contributed by atoms with Crippen LogP contribution in [-0.2, 0) is 7.05 Å². The van der Waals surface area contributed by atoms with E-state index >= 15 is 0 Å². The molecule has 3 rings (SSSR count). The highest BCUT2D eigenvalue weighted by Crippen LogP contribution is 2.35. The zero-order valence-electron chi connectivity index (χ0n) is 13.0. The van der Waals surface area contributed by atoms with Gasteiger partial charge >= 0.3 is 0 Å². The Kier molecular flexibility index (Phi) is 3.93. The predicted molar refractivity (Wildman–Crippen MR) is 80.9 cm³/mol. The van der Waals surface area contributed by atoms with Gasteiger partial charge < -0.3 is 14.6 Å². The van der Waals surface area contributed by atoms with Crippen LogP contribution in [0.15, 0.2) is 30.5 Å². The zero-order chi connectivity index (χ0) is 16.7. The van der Waals surface area contributed by atoms with Crippen molar-refractivity contribution in [2.75, 3.05) is 6.54 Å². The minimum absolute atomic E-state index is 0.0989. The molecular weight excluding hydrogens is 302 g/mol. The summed E-state index contributed by atoms with van der Waals surface area (Å²) in [7, 11) is 1.75. The Morgan fingerprint density at radius 2 is 2.04 bits per heavy atom. The fourth-order valence-corrected chi connectivity index (χ4v) is 3.21. The summed E-state index contributed by atoms with van der Waals surface area (Å²) in [5, 5.41) is 9.96. The Hall–Kier alpha value is -2.21. The van der Waals surface area contributed by atoms with Gasteiger partial charge in [-0.3, -0.25) is 4.79 Å². The third-order valence-electron chi connectivity index (χ3n) is 4.33. The molecule has 0 radical (unpaired) electrons. The van der Waals surface area contributed by atoms with Crippen LogP contribution in [0.5, 0.6) is 0 Å². The van der Waals surface area contributed by atoms with E-state index in [1.165, 1.54) is 4.90 Å². The number of rotatable bonds is 2. The average molecular weight is 320 g/mol. The molecule has 1 fully saturated rings. The molecule has 2 atom stereocenters. The summed E-state index contributed by atoms with van der Waals surface area (Å²) in [6.07, 6.45) is 1.20. The highest BCUT2D eigenvalue weighted by atomic mass is 19.1. The van der Waals surface area contributed by atoms with Gasteiger partial charge in [0.25, 0.3) is 5.91 Å². The van der Waals surface area contributed by atoms with E-state index in [0.717, 1.165) is 23.8 Å². The molecule has 0 unspecified atom stereocenters. The Balaban J connectivity index is 2.00. The standard InChI is InChI=1S/C17H18F2N2O2/c1-10-5-6-20(2)16(10)17(23)21-9-12(22)8-15(21)13-7-11(18)3-4-14(13)19/h3-7,12,15,22H,8-9H2,1-2H3/t12-,15+/m1/s1. The monoisotopic (exact) mass is 320 g/mol. The molecule has 0 saturated carbocycles. The van der Waals surface area contributed by atoms with Crippen molar-refractivity contribution in [2.24, 2.45) is 7.05 Å². The third-order valence-corrected chi connectivity index (χ3v) is 4.33. The topological polar surface area (TPSA) is 45.5 Å². The largest absolute Gasteiger partial charge is 0.391 e. The van der Waals surface area contributed by atoms with E-state index in [2.05, 4.69) is 0 Å². The number of nitrogens with zero attached hydrogens (tertiary/aromatic N) is 2. The lowest BCUT2D eigenvalue weighted by molar-refractivity contribution is 0.0703. The van der Waals surface area contributed by atoms with Gasteiger partial charge in [-0.15, -0.1) is 0 Å². The van der Waals surface area contributed by atoms with Crippen molar-refractivity contribution in [3.05, 3.63) is 58.9 Å². The number of aryl methyl sites for hydroxylation is 2. The molecule has 122 valence electrons. The van der Waals surface area contributed by atoms with Crippen molar-refractivity contribution >= 4 is 5.91 Å². The molecule has 1 aromatic carbocycles. The number of hydrogen-bond donors (Lipinski definition) is 1. The number of hydrogen-bond acceptors (Lipinski definition) is 2. The lowest BCUT2D eigenvalue weighted by atomic mass is 10.0. The first-order chi connectivity index (χ1) is 10.9. The van der Waals surface area contributed by atoms with E-state index in [9.17, 15) is 18.7 Å². The molecule has 1 aliphatic heterocycles. The van der Waals surface area contributed by atoms with Crippen LogP contribution in [0.2, 0.25) is 0 Å². The smallest absolute Gasteiger partial charge is 0.271 e. The molecule has 1 N–H and O–H groups in total. The quantitative estimate of drug-likeness (QED) is 0.924. The Bertz CT molecular complexity index is 738. The first-order valence-electron chi connectivity index (χ1n) is 7.44. The summed E-state index contributed by atoms with van der Waals surface area (Å²) >= 11 is 0. The van der Waals surface area contributed by atoms with Crippen LogP contribution in [-0.4, -0.2) is 33.1 Å². The molecule has 0 bridgehead atoms. The van der Waals surface area contributed by atoms with E-state index in [0.29, 0.717) is 5.69 Å². The van der Waals surface area contributed by atoms with E-state index in [1.54, 1.807) is 17.8 Å².